The van der Waals surface area contributed by atoms with E-state index in [1.54, 1.807) is 0 Å². The molecule has 4 saturated carbocycles. The maximum absolute atomic E-state index is 9.67. The van der Waals surface area contributed by atoms with Gasteiger partial charge < -0.3 is 4.57 Å². The van der Waals surface area contributed by atoms with Gasteiger partial charge in [0.25, 0.3) is 0 Å². The van der Waals surface area contributed by atoms with E-state index in [2.05, 4.69) is 95.6 Å². The maximum atomic E-state index is 9.67. The molecule has 11 rings (SSSR count). The molecule has 0 amide bonds. The lowest BCUT2D eigenvalue weighted by Crippen LogP contribution is -2.48. The second kappa shape index (κ2) is 11.0. The van der Waals surface area contributed by atoms with Gasteiger partial charge in [0.15, 0.2) is 17.5 Å². The first-order valence-corrected chi connectivity index (χ1v) is 17.6. The molecule has 5 heteroatoms. The van der Waals surface area contributed by atoms with Gasteiger partial charge in [-0.25, -0.2) is 15.0 Å². The van der Waals surface area contributed by atoms with Crippen LogP contribution in [0, 0.1) is 29.1 Å². The summed E-state index contributed by atoms with van der Waals surface area (Å²) in [5.74, 6) is 4.73. The first kappa shape index (κ1) is 28.4. The van der Waals surface area contributed by atoms with E-state index in [1.807, 2.05) is 36.4 Å². The van der Waals surface area contributed by atoms with Crippen molar-refractivity contribution in [3.8, 4) is 45.9 Å². The summed E-state index contributed by atoms with van der Waals surface area (Å²) in [6.07, 6.45) is 8.40. The average molecular weight is 634 g/mol. The Morgan fingerprint density at radius 2 is 1.20 bits per heavy atom. The van der Waals surface area contributed by atoms with Gasteiger partial charge in [-0.05, 0) is 97.6 Å². The van der Waals surface area contributed by atoms with Crippen molar-refractivity contribution in [1.29, 1.82) is 5.26 Å². The van der Waals surface area contributed by atoms with Crippen LogP contribution in [0.4, 0.5) is 0 Å². The van der Waals surface area contributed by atoms with Crippen molar-refractivity contribution in [3.63, 3.8) is 0 Å². The summed E-state index contributed by atoms with van der Waals surface area (Å²) < 4.78 is 2.23. The Morgan fingerprint density at radius 3 is 1.92 bits per heavy atom. The normalized spacial score (nSPS) is 22.5. The highest BCUT2D eigenvalue weighted by Gasteiger charge is 2.51. The zero-order valence-corrected chi connectivity index (χ0v) is 27.3. The molecule has 236 valence electrons. The summed E-state index contributed by atoms with van der Waals surface area (Å²) in [4.78, 5) is 15.4. The van der Waals surface area contributed by atoms with Gasteiger partial charge in [-0.1, -0.05) is 91.0 Å². The Bertz CT molecular complexity index is 2400. The highest BCUT2D eigenvalue weighted by Crippen LogP contribution is 2.60. The predicted molar refractivity (Wildman–Crippen MR) is 195 cm³/mol. The lowest BCUT2D eigenvalue weighted by atomic mass is 9.48. The molecule has 2 heterocycles. The zero-order valence-electron chi connectivity index (χ0n) is 27.3. The van der Waals surface area contributed by atoms with E-state index in [0.29, 0.717) is 28.5 Å². The first-order chi connectivity index (χ1) is 24.1. The first-order valence-electron chi connectivity index (χ1n) is 17.6. The SMILES string of the molecule is N#Cc1cccc(-n2c3ccccc3c3c(-c4nc(-c5ccccc5)nc(-c5ccc(C67CC8C[C@H](C6)C[C@@H](C8)C7)cc5)n4)cccc32)c1. The molecule has 0 unspecified atom stereocenters. The zero-order chi connectivity index (χ0) is 32.5. The minimum atomic E-state index is 0.351. The molecule has 2 aromatic heterocycles. The average Bonchev–Trinajstić information content (AvgIpc) is 3.49. The summed E-state index contributed by atoms with van der Waals surface area (Å²) in [7, 11) is 0. The Balaban J connectivity index is 1.14. The molecule has 7 aromatic rings. The summed E-state index contributed by atoms with van der Waals surface area (Å²) >= 11 is 0. The minimum absolute atomic E-state index is 0.351. The Morgan fingerprint density at radius 1 is 0.592 bits per heavy atom. The second-order valence-electron chi connectivity index (χ2n) is 14.7. The molecule has 5 nitrogen and oxygen atoms in total. The molecule has 4 aliphatic rings. The number of nitrogens with zero attached hydrogens (tertiary/aromatic N) is 5. The Hall–Kier alpha value is -5.60. The van der Waals surface area contributed by atoms with Crippen LogP contribution >= 0.6 is 0 Å². The molecular weight excluding hydrogens is 599 g/mol. The van der Waals surface area contributed by atoms with Gasteiger partial charge in [0.2, 0.25) is 0 Å². The van der Waals surface area contributed by atoms with Gasteiger partial charge in [-0.2, -0.15) is 5.26 Å². The monoisotopic (exact) mass is 633 g/mol. The second-order valence-corrected chi connectivity index (χ2v) is 14.7. The van der Waals surface area contributed by atoms with E-state index < -0.39 is 0 Å². The third-order valence-electron chi connectivity index (χ3n) is 11.6. The van der Waals surface area contributed by atoms with E-state index in [-0.39, 0.29) is 0 Å². The fraction of sp³-hybridized carbons (Fsp3) is 0.227. The van der Waals surface area contributed by atoms with Crippen molar-refractivity contribution >= 4 is 21.8 Å². The number of hydrogen-bond acceptors (Lipinski definition) is 4. The van der Waals surface area contributed by atoms with Gasteiger partial charge in [0.05, 0.1) is 22.7 Å². The van der Waals surface area contributed by atoms with Gasteiger partial charge in [0, 0.05) is 33.2 Å². The molecule has 0 saturated heterocycles. The number of nitriles is 1. The molecule has 0 spiro atoms. The molecule has 0 radical (unpaired) electrons. The van der Waals surface area contributed by atoms with Gasteiger partial charge >= 0.3 is 0 Å². The van der Waals surface area contributed by atoms with Gasteiger partial charge in [0.1, 0.15) is 0 Å². The number of hydrogen-bond donors (Lipinski definition) is 0. The van der Waals surface area contributed by atoms with Crippen molar-refractivity contribution in [1.82, 2.24) is 19.5 Å². The molecular formula is C44H35N5. The molecule has 4 fully saturated rings. The minimum Gasteiger partial charge on any atom is -0.309 e. The highest BCUT2D eigenvalue weighted by atomic mass is 15.0. The van der Waals surface area contributed by atoms with Crippen LogP contribution < -0.4 is 0 Å². The van der Waals surface area contributed by atoms with E-state index in [0.717, 1.165) is 61.9 Å². The summed E-state index contributed by atoms with van der Waals surface area (Å²) in [5, 5.41) is 11.9. The van der Waals surface area contributed by atoms with Crippen LogP contribution in [0.15, 0.2) is 121 Å². The van der Waals surface area contributed by atoms with E-state index in [9.17, 15) is 5.26 Å². The lowest BCUT2D eigenvalue weighted by molar-refractivity contribution is -0.00518. The van der Waals surface area contributed by atoms with E-state index in [1.165, 1.54) is 44.1 Å². The van der Waals surface area contributed by atoms with Crippen molar-refractivity contribution in [3.05, 3.63) is 132 Å². The van der Waals surface area contributed by atoms with Gasteiger partial charge in [-0.3, -0.25) is 0 Å². The number of rotatable bonds is 5. The number of benzene rings is 5. The molecule has 0 N–H and O–H groups in total. The van der Waals surface area contributed by atoms with Crippen LogP contribution in [-0.4, -0.2) is 19.5 Å². The fourth-order valence-electron chi connectivity index (χ4n) is 9.98. The molecule has 4 bridgehead atoms. The van der Waals surface area contributed by atoms with E-state index in [4.69, 9.17) is 15.0 Å². The van der Waals surface area contributed by atoms with Crippen LogP contribution in [0.5, 0.6) is 0 Å². The topological polar surface area (TPSA) is 67.4 Å². The predicted octanol–water partition coefficient (Wildman–Crippen LogP) is 10.3. The molecule has 49 heavy (non-hydrogen) atoms. The van der Waals surface area contributed by atoms with Crippen molar-refractivity contribution in [2.45, 2.75) is 43.9 Å². The summed E-state index contributed by atoms with van der Waals surface area (Å²) in [6, 6.07) is 44.3. The molecule has 0 atom stereocenters. The van der Waals surface area contributed by atoms with Crippen molar-refractivity contribution in [2.24, 2.45) is 17.8 Å². The standard InChI is InChI=1S/C44H35N5/c45-27-28-8-6-11-35(23-28)49-38-14-5-4-12-36(38)40-37(13-7-15-39(40)49)43-47-41(32-9-2-1-3-10-32)46-42(48-43)33-16-18-34(19-17-33)44-24-29-20-30(25-44)22-31(21-29)26-44/h1-19,23,29-31H,20-22,24-26H2/t29-,30+,31?,44?. The summed E-state index contributed by atoms with van der Waals surface area (Å²) in [6.45, 7) is 0. The quantitative estimate of drug-likeness (QED) is 0.189. The highest BCUT2D eigenvalue weighted by molar-refractivity contribution is 6.15. The van der Waals surface area contributed by atoms with Crippen LogP contribution in [0.1, 0.15) is 49.7 Å². The van der Waals surface area contributed by atoms with Crippen LogP contribution in [0.3, 0.4) is 0 Å². The van der Waals surface area contributed by atoms with Crippen LogP contribution in [0.2, 0.25) is 0 Å². The largest absolute Gasteiger partial charge is 0.309 e. The van der Waals surface area contributed by atoms with Crippen molar-refractivity contribution < 1.29 is 0 Å². The summed E-state index contributed by atoms with van der Waals surface area (Å²) in [5.41, 5.74) is 8.46. The molecule has 0 aliphatic heterocycles. The third kappa shape index (κ3) is 4.62. The third-order valence-corrected chi connectivity index (χ3v) is 11.6. The van der Waals surface area contributed by atoms with Gasteiger partial charge in [-0.15, -0.1) is 0 Å². The number of para-hydroxylation sites is 1. The number of aromatic nitrogens is 4. The molecule has 4 aliphatic carbocycles. The fourth-order valence-corrected chi connectivity index (χ4v) is 9.98. The Kier molecular flexibility index (Phi) is 6.36. The Labute approximate surface area is 285 Å². The smallest absolute Gasteiger partial charge is 0.164 e. The number of fused-ring (bicyclic) bond motifs is 3. The van der Waals surface area contributed by atoms with Crippen LogP contribution in [-0.2, 0) is 5.41 Å². The molecule has 5 aromatic carbocycles. The van der Waals surface area contributed by atoms with E-state index >= 15 is 0 Å². The van der Waals surface area contributed by atoms with Crippen molar-refractivity contribution in [2.75, 3.05) is 0 Å². The maximum Gasteiger partial charge on any atom is 0.164 e. The lowest BCUT2D eigenvalue weighted by Gasteiger charge is -2.57. The van der Waals surface area contributed by atoms with Crippen LogP contribution in [0.25, 0.3) is 61.7 Å².